The van der Waals surface area contributed by atoms with Crippen molar-refractivity contribution in [1.82, 2.24) is 10.2 Å². The van der Waals surface area contributed by atoms with E-state index in [2.05, 4.69) is 34.7 Å². The van der Waals surface area contributed by atoms with Crippen LogP contribution in [0.15, 0.2) is 52.9 Å². The molecule has 0 radical (unpaired) electrons. The van der Waals surface area contributed by atoms with Crippen LogP contribution in [0.2, 0.25) is 0 Å². The third-order valence-corrected chi connectivity index (χ3v) is 6.46. The molecule has 30 heavy (non-hydrogen) atoms. The van der Waals surface area contributed by atoms with Crippen LogP contribution in [0.3, 0.4) is 0 Å². The van der Waals surface area contributed by atoms with Crippen LogP contribution < -0.4 is 15.4 Å². The van der Waals surface area contributed by atoms with E-state index in [-0.39, 0.29) is 5.91 Å². The number of carbonyl (C=O) groups is 1. The van der Waals surface area contributed by atoms with E-state index in [1.807, 2.05) is 55.5 Å². The van der Waals surface area contributed by atoms with Crippen LogP contribution in [0.1, 0.15) is 30.2 Å². The number of benzene rings is 2. The van der Waals surface area contributed by atoms with Gasteiger partial charge in [-0.3, -0.25) is 4.79 Å². The molecular weight excluding hydrogens is 416 g/mol. The number of nitrogens with one attached hydrogen (secondary N) is 2. The van der Waals surface area contributed by atoms with E-state index < -0.39 is 5.25 Å². The number of aromatic nitrogens is 2. The minimum atomic E-state index is -0.470. The Balaban J connectivity index is 1.81. The van der Waals surface area contributed by atoms with Crippen molar-refractivity contribution in [3.63, 3.8) is 0 Å². The molecule has 8 heteroatoms. The van der Waals surface area contributed by atoms with Gasteiger partial charge in [0, 0.05) is 6.54 Å². The van der Waals surface area contributed by atoms with E-state index >= 15 is 0 Å². The molecule has 0 bridgehead atoms. The first-order valence-electron chi connectivity index (χ1n) is 9.70. The normalized spacial score (nSPS) is 11.9. The molecule has 1 heterocycles. The monoisotopic (exact) mass is 442 g/mol. The highest BCUT2D eigenvalue weighted by Gasteiger charge is 2.25. The second kappa shape index (κ2) is 10.4. The molecular formula is C22H26N4O2S2. The lowest BCUT2D eigenvalue weighted by Crippen LogP contribution is -2.19. The summed E-state index contributed by atoms with van der Waals surface area (Å²) in [6.07, 6.45) is 0. The van der Waals surface area contributed by atoms with Crippen LogP contribution in [0.25, 0.3) is 0 Å². The van der Waals surface area contributed by atoms with Gasteiger partial charge in [0.15, 0.2) is 4.34 Å². The molecule has 1 unspecified atom stereocenters. The van der Waals surface area contributed by atoms with Crippen LogP contribution in [0.5, 0.6) is 5.75 Å². The topological polar surface area (TPSA) is 76.1 Å². The number of thioether (sulfide) groups is 1. The maximum atomic E-state index is 13.3. The van der Waals surface area contributed by atoms with Gasteiger partial charge < -0.3 is 15.4 Å². The molecule has 0 saturated heterocycles. The first-order valence-corrected chi connectivity index (χ1v) is 11.4. The van der Waals surface area contributed by atoms with Crippen molar-refractivity contribution in [2.75, 3.05) is 24.3 Å². The first-order chi connectivity index (χ1) is 14.5. The van der Waals surface area contributed by atoms with Crippen molar-refractivity contribution < 1.29 is 9.53 Å². The molecule has 3 rings (SSSR count). The minimum absolute atomic E-state index is 0.137. The maximum absolute atomic E-state index is 13.3. The molecule has 2 aromatic carbocycles. The second-order valence-corrected chi connectivity index (χ2v) is 9.58. The van der Waals surface area contributed by atoms with Crippen molar-refractivity contribution >= 4 is 39.8 Å². The lowest BCUT2D eigenvalue weighted by atomic mass is 10.1. The van der Waals surface area contributed by atoms with Crippen LogP contribution in [0, 0.1) is 12.8 Å². The highest BCUT2D eigenvalue weighted by molar-refractivity contribution is 8.02. The van der Waals surface area contributed by atoms with Gasteiger partial charge in [0.1, 0.15) is 11.0 Å². The van der Waals surface area contributed by atoms with Gasteiger partial charge in [-0.2, -0.15) is 0 Å². The SMILES string of the molecule is COc1ccc(C)cc1NC(=O)C(Sc1nnc(NCC(C)C)s1)c1ccccc1. The van der Waals surface area contributed by atoms with Crippen molar-refractivity contribution in [1.29, 1.82) is 0 Å². The average molecular weight is 443 g/mol. The Labute approximate surface area is 185 Å². The summed E-state index contributed by atoms with van der Waals surface area (Å²) < 4.78 is 6.14. The molecule has 0 aliphatic rings. The molecule has 6 nitrogen and oxygen atoms in total. The van der Waals surface area contributed by atoms with Gasteiger partial charge in [0.05, 0.1) is 12.8 Å². The Morgan fingerprint density at radius 1 is 1.17 bits per heavy atom. The van der Waals surface area contributed by atoms with E-state index in [4.69, 9.17) is 4.74 Å². The Kier molecular flexibility index (Phi) is 7.70. The fourth-order valence-corrected chi connectivity index (χ4v) is 4.69. The molecule has 1 amide bonds. The quantitative estimate of drug-likeness (QED) is 0.433. The Morgan fingerprint density at radius 2 is 1.93 bits per heavy atom. The Bertz CT molecular complexity index is 976. The highest BCUT2D eigenvalue weighted by atomic mass is 32.2. The number of amides is 1. The largest absolute Gasteiger partial charge is 0.495 e. The number of hydrogen-bond acceptors (Lipinski definition) is 7. The summed E-state index contributed by atoms with van der Waals surface area (Å²) >= 11 is 2.85. The fraction of sp³-hybridized carbons (Fsp3) is 0.318. The van der Waals surface area contributed by atoms with Crippen LogP contribution in [-0.4, -0.2) is 29.8 Å². The molecule has 1 aromatic heterocycles. The molecule has 0 aliphatic carbocycles. The smallest absolute Gasteiger partial charge is 0.242 e. The molecule has 0 fully saturated rings. The van der Waals surface area contributed by atoms with Gasteiger partial charge in [0.25, 0.3) is 0 Å². The van der Waals surface area contributed by atoms with Crippen molar-refractivity contribution in [3.8, 4) is 5.75 Å². The summed E-state index contributed by atoms with van der Waals surface area (Å²) in [5.41, 5.74) is 2.60. The zero-order valence-corrected chi connectivity index (χ0v) is 19.1. The van der Waals surface area contributed by atoms with Gasteiger partial charge in [-0.15, -0.1) is 10.2 Å². The third kappa shape index (κ3) is 5.96. The van der Waals surface area contributed by atoms with E-state index in [0.717, 1.165) is 27.1 Å². The molecule has 0 spiro atoms. The van der Waals surface area contributed by atoms with E-state index in [0.29, 0.717) is 17.4 Å². The van der Waals surface area contributed by atoms with Gasteiger partial charge >= 0.3 is 0 Å². The number of aryl methyl sites for hydroxylation is 1. The number of anilines is 2. The summed E-state index contributed by atoms with van der Waals surface area (Å²) in [7, 11) is 1.59. The average Bonchev–Trinajstić information content (AvgIpc) is 3.19. The van der Waals surface area contributed by atoms with Crippen LogP contribution in [0.4, 0.5) is 10.8 Å². The highest BCUT2D eigenvalue weighted by Crippen LogP contribution is 2.39. The standard InChI is InChI=1S/C22H26N4O2S2/c1-14(2)13-23-21-25-26-22(30-21)29-19(16-8-6-5-7-9-16)20(27)24-17-12-15(3)10-11-18(17)28-4/h5-12,14,19H,13H2,1-4H3,(H,23,25)(H,24,27). The predicted octanol–water partition coefficient (Wildman–Crippen LogP) is 5.40. The number of nitrogens with zero attached hydrogens (tertiary/aromatic N) is 2. The molecule has 1 atom stereocenters. The predicted molar refractivity (Wildman–Crippen MR) is 125 cm³/mol. The third-order valence-electron chi connectivity index (χ3n) is 4.24. The van der Waals surface area contributed by atoms with Crippen molar-refractivity contribution in [3.05, 3.63) is 59.7 Å². The number of hydrogen-bond donors (Lipinski definition) is 2. The number of methoxy groups -OCH3 is 1. The Morgan fingerprint density at radius 3 is 2.63 bits per heavy atom. The van der Waals surface area contributed by atoms with E-state index in [9.17, 15) is 4.79 Å². The molecule has 158 valence electrons. The summed E-state index contributed by atoms with van der Waals surface area (Å²) in [6.45, 7) is 7.08. The lowest BCUT2D eigenvalue weighted by molar-refractivity contribution is -0.115. The summed E-state index contributed by atoms with van der Waals surface area (Å²) in [5, 5.41) is 15.1. The zero-order chi connectivity index (χ0) is 21.5. The van der Waals surface area contributed by atoms with E-state index in [1.165, 1.54) is 23.1 Å². The maximum Gasteiger partial charge on any atom is 0.242 e. The van der Waals surface area contributed by atoms with Gasteiger partial charge in [0.2, 0.25) is 11.0 Å². The summed E-state index contributed by atoms with van der Waals surface area (Å²) in [4.78, 5) is 13.3. The summed E-state index contributed by atoms with van der Waals surface area (Å²) in [6, 6.07) is 15.4. The van der Waals surface area contributed by atoms with Gasteiger partial charge in [-0.05, 0) is 36.1 Å². The summed E-state index contributed by atoms with van der Waals surface area (Å²) in [5.74, 6) is 1.00. The first kappa shape index (κ1) is 22.1. The van der Waals surface area contributed by atoms with Crippen molar-refractivity contribution in [2.24, 2.45) is 5.92 Å². The van der Waals surface area contributed by atoms with Crippen molar-refractivity contribution in [2.45, 2.75) is 30.4 Å². The minimum Gasteiger partial charge on any atom is -0.495 e. The van der Waals surface area contributed by atoms with Crippen LogP contribution in [-0.2, 0) is 4.79 Å². The molecule has 2 N–H and O–H groups in total. The number of rotatable bonds is 9. The molecule has 0 saturated carbocycles. The number of carbonyl (C=O) groups excluding carboxylic acids is 1. The second-order valence-electron chi connectivity index (χ2n) is 7.25. The fourth-order valence-electron chi connectivity index (χ4n) is 2.74. The van der Waals surface area contributed by atoms with Gasteiger partial charge in [-0.25, -0.2) is 0 Å². The lowest BCUT2D eigenvalue weighted by Gasteiger charge is -2.17. The molecule has 3 aromatic rings. The van der Waals surface area contributed by atoms with E-state index in [1.54, 1.807) is 7.11 Å². The van der Waals surface area contributed by atoms with Crippen LogP contribution >= 0.6 is 23.1 Å². The van der Waals surface area contributed by atoms with Gasteiger partial charge in [-0.1, -0.05) is 73.3 Å². The number of ether oxygens (including phenoxy) is 1. The zero-order valence-electron chi connectivity index (χ0n) is 17.5. The Hall–Kier alpha value is -2.58. The molecule has 0 aliphatic heterocycles.